The fourth-order valence-electron chi connectivity index (χ4n) is 5.23. The highest BCUT2D eigenvalue weighted by molar-refractivity contribution is 6.04. The summed E-state index contributed by atoms with van der Waals surface area (Å²) >= 11 is 0. The lowest BCUT2D eigenvalue weighted by molar-refractivity contribution is -0.138. The van der Waals surface area contributed by atoms with E-state index in [2.05, 4.69) is 37.7 Å². The fraction of sp³-hybridized carbons (Fsp3) is 0.212. The van der Waals surface area contributed by atoms with Crippen LogP contribution in [0.5, 0.6) is 0 Å². The average molecular weight is 645 g/mol. The van der Waals surface area contributed by atoms with E-state index in [1.807, 2.05) is 12.1 Å². The molecule has 1 aliphatic heterocycles. The number of imidazole rings is 1. The molecule has 0 unspecified atom stereocenters. The number of halogens is 4. The van der Waals surface area contributed by atoms with Gasteiger partial charge in [-0.15, -0.1) is 0 Å². The second-order valence-electron chi connectivity index (χ2n) is 11.1. The van der Waals surface area contributed by atoms with E-state index in [0.29, 0.717) is 35.6 Å². The van der Waals surface area contributed by atoms with Crippen molar-refractivity contribution in [3.8, 4) is 11.8 Å². The summed E-state index contributed by atoms with van der Waals surface area (Å²) < 4.78 is 58.9. The SMILES string of the molecule is Cc1cc(F)c(C(=O)Nc2ccc(CN3CCN(C)C(=O)C3)c(C(F)(F)F)c2)cc1C#Cc1cnc2c(Nc3cn[nH]c3)cccn12. The molecule has 0 spiro atoms. The second kappa shape index (κ2) is 12.6. The van der Waals surface area contributed by atoms with Gasteiger partial charge in [0.05, 0.1) is 41.4 Å². The lowest BCUT2D eigenvalue weighted by Crippen LogP contribution is -2.48. The zero-order chi connectivity index (χ0) is 33.3. The quantitative estimate of drug-likeness (QED) is 0.173. The van der Waals surface area contributed by atoms with Crippen molar-refractivity contribution in [1.29, 1.82) is 0 Å². The Hall–Kier alpha value is -5.68. The van der Waals surface area contributed by atoms with Gasteiger partial charge in [0.1, 0.15) is 11.5 Å². The minimum atomic E-state index is -4.72. The molecule has 2 amide bonds. The largest absolute Gasteiger partial charge is 0.416 e. The Morgan fingerprint density at radius 3 is 2.66 bits per heavy atom. The molecule has 240 valence electrons. The van der Waals surface area contributed by atoms with Gasteiger partial charge in [0.15, 0.2) is 5.65 Å². The number of carbonyl (C=O) groups excluding carboxylic acids is 2. The molecule has 4 heterocycles. The van der Waals surface area contributed by atoms with Crippen molar-refractivity contribution >= 4 is 34.5 Å². The molecule has 0 bridgehead atoms. The number of alkyl halides is 3. The molecule has 1 saturated heterocycles. The number of hydrogen-bond donors (Lipinski definition) is 3. The number of aromatic nitrogens is 4. The Labute approximate surface area is 266 Å². The summed E-state index contributed by atoms with van der Waals surface area (Å²) in [7, 11) is 1.64. The van der Waals surface area contributed by atoms with Crippen LogP contribution in [0.1, 0.15) is 38.3 Å². The molecular formula is C33H28F4N8O2. The first kappa shape index (κ1) is 31.3. The predicted octanol–water partition coefficient (Wildman–Crippen LogP) is 5.19. The van der Waals surface area contributed by atoms with E-state index in [1.165, 1.54) is 23.1 Å². The van der Waals surface area contributed by atoms with Gasteiger partial charge in [-0.3, -0.25) is 24.0 Å². The summed E-state index contributed by atoms with van der Waals surface area (Å²) in [6.07, 6.45) is 1.97. The molecule has 6 rings (SSSR count). The van der Waals surface area contributed by atoms with Gasteiger partial charge in [-0.25, -0.2) is 9.37 Å². The zero-order valence-corrected chi connectivity index (χ0v) is 25.2. The third kappa shape index (κ3) is 6.80. The number of fused-ring (bicyclic) bond motifs is 1. The Morgan fingerprint density at radius 2 is 1.91 bits per heavy atom. The molecule has 2 aromatic carbocycles. The van der Waals surface area contributed by atoms with E-state index in [-0.39, 0.29) is 35.8 Å². The number of likely N-dealkylation sites (N-methyl/N-ethyl adjacent to an activating group) is 1. The number of nitrogens with zero attached hydrogens (tertiary/aromatic N) is 5. The molecule has 0 aliphatic carbocycles. The average Bonchev–Trinajstić information content (AvgIpc) is 3.69. The van der Waals surface area contributed by atoms with E-state index in [0.717, 1.165) is 23.5 Å². The number of H-pyrrole nitrogens is 1. The lowest BCUT2D eigenvalue weighted by atomic mass is 10.0. The molecule has 0 saturated carbocycles. The number of aryl methyl sites for hydroxylation is 1. The molecule has 1 fully saturated rings. The normalized spacial score (nSPS) is 13.8. The number of hydrogen-bond acceptors (Lipinski definition) is 6. The molecule has 10 nitrogen and oxygen atoms in total. The molecule has 14 heteroatoms. The number of pyridine rings is 1. The molecule has 47 heavy (non-hydrogen) atoms. The van der Waals surface area contributed by atoms with Crippen LogP contribution >= 0.6 is 0 Å². The Balaban J connectivity index is 1.23. The monoisotopic (exact) mass is 644 g/mol. The number of carbonyl (C=O) groups is 2. The van der Waals surface area contributed by atoms with Crippen LogP contribution in [0.25, 0.3) is 5.65 Å². The van der Waals surface area contributed by atoms with Gasteiger partial charge in [-0.1, -0.05) is 12.0 Å². The van der Waals surface area contributed by atoms with Crippen molar-refractivity contribution in [2.75, 3.05) is 37.3 Å². The van der Waals surface area contributed by atoms with Crippen LogP contribution in [-0.2, 0) is 17.5 Å². The molecule has 1 aliphatic rings. The number of benzene rings is 2. The molecule has 5 aromatic rings. The van der Waals surface area contributed by atoms with Gasteiger partial charge < -0.3 is 15.5 Å². The molecule has 3 N–H and O–H groups in total. The van der Waals surface area contributed by atoms with E-state index >= 15 is 4.39 Å². The summed E-state index contributed by atoms with van der Waals surface area (Å²) in [5.74, 6) is 4.03. The Bertz CT molecular complexity index is 2040. The molecular weight excluding hydrogens is 616 g/mol. The van der Waals surface area contributed by atoms with Gasteiger partial charge >= 0.3 is 6.18 Å². The first-order chi connectivity index (χ1) is 22.5. The fourth-order valence-corrected chi connectivity index (χ4v) is 5.23. The van der Waals surface area contributed by atoms with Crippen LogP contribution in [0.3, 0.4) is 0 Å². The number of amides is 2. The maximum Gasteiger partial charge on any atom is 0.416 e. The minimum Gasteiger partial charge on any atom is -0.350 e. The van der Waals surface area contributed by atoms with Crippen molar-refractivity contribution in [1.82, 2.24) is 29.4 Å². The number of piperazine rings is 1. The third-order valence-corrected chi connectivity index (χ3v) is 7.80. The van der Waals surface area contributed by atoms with Crippen molar-refractivity contribution < 1.29 is 27.2 Å². The van der Waals surface area contributed by atoms with Gasteiger partial charge in [0.25, 0.3) is 5.91 Å². The van der Waals surface area contributed by atoms with Crippen molar-refractivity contribution in [2.45, 2.75) is 19.6 Å². The number of anilines is 3. The predicted molar refractivity (Wildman–Crippen MR) is 166 cm³/mol. The number of nitrogens with one attached hydrogen (secondary N) is 3. The van der Waals surface area contributed by atoms with E-state index < -0.39 is 23.5 Å². The summed E-state index contributed by atoms with van der Waals surface area (Å²) in [6.45, 7) is 2.39. The number of rotatable bonds is 6. The highest BCUT2D eigenvalue weighted by Crippen LogP contribution is 2.35. The van der Waals surface area contributed by atoms with Crippen LogP contribution < -0.4 is 10.6 Å². The van der Waals surface area contributed by atoms with Crippen molar-refractivity contribution in [3.05, 3.63) is 107 Å². The van der Waals surface area contributed by atoms with E-state index in [9.17, 15) is 22.8 Å². The van der Waals surface area contributed by atoms with Crippen LogP contribution in [0, 0.1) is 24.6 Å². The smallest absolute Gasteiger partial charge is 0.350 e. The molecule has 3 aromatic heterocycles. The summed E-state index contributed by atoms with van der Waals surface area (Å²) in [6, 6.07) is 9.50. The van der Waals surface area contributed by atoms with Gasteiger partial charge in [0.2, 0.25) is 5.91 Å². The third-order valence-electron chi connectivity index (χ3n) is 7.80. The number of aromatic amines is 1. The van der Waals surface area contributed by atoms with E-state index in [1.54, 1.807) is 48.1 Å². The van der Waals surface area contributed by atoms with Crippen LogP contribution in [-0.4, -0.2) is 67.9 Å². The standard InChI is InChI=1S/C33H28F4N8O2/c1-20-12-28(34)26(13-21(20)6-8-25-17-38-31-29(4-3-9-45(25)31)41-24-15-39-40-16-24)32(47)42-23-7-5-22(27(14-23)33(35,36)37)18-44-11-10-43(2)30(46)19-44/h3-5,7,9,12-17,41H,10-11,18-19H2,1-2H3,(H,39,40)(H,42,47). The Kier molecular flexibility index (Phi) is 8.40. The van der Waals surface area contributed by atoms with Gasteiger partial charge in [-0.05, 0) is 60.4 Å². The van der Waals surface area contributed by atoms with Crippen LogP contribution in [0.4, 0.5) is 34.6 Å². The van der Waals surface area contributed by atoms with Crippen LogP contribution in [0.15, 0.2) is 67.3 Å². The van der Waals surface area contributed by atoms with Gasteiger partial charge in [0, 0.05) is 50.3 Å². The summed E-state index contributed by atoms with van der Waals surface area (Å²) in [4.78, 5) is 32.8. The molecule has 0 radical (unpaired) electrons. The van der Waals surface area contributed by atoms with Crippen molar-refractivity contribution in [3.63, 3.8) is 0 Å². The highest BCUT2D eigenvalue weighted by atomic mass is 19.4. The topological polar surface area (TPSA) is 111 Å². The highest BCUT2D eigenvalue weighted by Gasteiger charge is 2.35. The van der Waals surface area contributed by atoms with Gasteiger partial charge in [-0.2, -0.15) is 18.3 Å². The summed E-state index contributed by atoms with van der Waals surface area (Å²) in [5, 5.41) is 12.2. The maximum atomic E-state index is 15.0. The second-order valence-corrected chi connectivity index (χ2v) is 11.1. The van der Waals surface area contributed by atoms with Crippen molar-refractivity contribution in [2.24, 2.45) is 0 Å². The first-order valence-electron chi connectivity index (χ1n) is 14.5. The lowest BCUT2D eigenvalue weighted by Gasteiger charge is -2.32. The Morgan fingerprint density at radius 1 is 1.09 bits per heavy atom. The first-order valence-corrected chi connectivity index (χ1v) is 14.5. The molecule has 0 atom stereocenters. The summed E-state index contributed by atoms with van der Waals surface area (Å²) in [5.41, 5.74) is 1.90. The maximum absolute atomic E-state index is 15.0. The zero-order valence-electron chi connectivity index (χ0n) is 25.2. The van der Waals surface area contributed by atoms with Crippen LogP contribution in [0.2, 0.25) is 0 Å². The van der Waals surface area contributed by atoms with E-state index in [4.69, 9.17) is 0 Å². The minimum absolute atomic E-state index is 0.00575.